The van der Waals surface area contributed by atoms with Crippen LogP contribution < -0.4 is 0 Å². The normalized spacial score (nSPS) is 19.5. The highest BCUT2D eigenvalue weighted by atomic mass is 32.1. The lowest BCUT2D eigenvalue weighted by atomic mass is 9.74. The van der Waals surface area contributed by atoms with E-state index in [9.17, 15) is 5.11 Å². The maximum absolute atomic E-state index is 10.2. The van der Waals surface area contributed by atoms with Gasteiger partial charge in [0, 0.05) is 0 Å². The number of aromatic nitrogens is 1. The van der Waals surface area contributed by atoms with Gasteiger partial charge < -0.3 is 5.11 Å². The van der Waals surface area contributed by atoms with Gasteiger partial charge in [-0.2, -0.15) is 0 Å². The van der Waals surface area contributed by atoms with Gasteiger partial charge in [-0.25, -0.2) is 4.98 Å². The summed E-state index contributed by atoms with van der Waals surface area (Å²) >= 11 is 1.55. The summed E-state index contributed by atoms with van der Waals surface area (Å²) in [4.78, 5) is 5.21. The fourth-order valence-electron chi connectivity index (χ4n) is 2.58. The Morgan fingerprint density at radius 2 is 2.29 bits per heavy atom. The molecule has 0 aliphatic heterocycles. The van der Waals surface area contributed by atoms with Gasteiger partial charge in [0.2, 0.25) is 0 Å². The van der Waals surface area contributed by atoms with Crippen molar-refractivity contribution in [3.63, 3.8) is 0 Å². The molecule has 0 saturated carbocycles. The topological polar surface area (TPSA) is 33.1 Å². The van der Waals surface area contributed by atoms with Gasteiger partial charge in [0.05, 0.1) is 22.2 Å². The van der Waals surface area contributed by atoms with Crippen molar-refractivity contribution in [1.29, 1.82) is 0 Å². The van der Waals surface area contributed by atoms with E-state index in [1.54, 1.807) is 11.3 Å². The van der Waals surface area contributed by atoms with E-state index in [4.69, 9.17) is 0 Å². The Bertz CT molecular complexity index is 535. The van der Waals surface area contributed by atoms with Crippen molar-refractivity contribution in [1.82, 2.24) is 4.98 Å². The van der Waals surface area contributed by atoms with Gasteiger partial charge >= 0.3 is 0 Å². The molecule has 2 nitrogen and oxygen atoms in total. The Morgan fingerprint density at radius 3 is 3.00 bits per heavy atom. The van der Waals surface area contributed by atoms with Gasteiger partial charge in [-0.3, -0.25) is 0 Å². The van der Waals surface area contributed by atoms with E-state index in [0.717, 1.165) is 23.4 Å². The van der Waals surface area contributed by atoms with Crippen LogP contribution in [0.15, 0.2) is 29.8 Å². The van der Waals surface area contributed by atoms with Crippen LogP contribution in [0.5, 0.6) is 0 Å². The molecule has 0 saturated heterocycles. The van der Waals surface area contributed by atoms with Crippen molar-refractivity contribution in [3.8, 4) is 0 Å². The van der Waals surface area contributed by atoms with Gasteiger partial charge in [0.1, 0.15) is 0 Å². The lowest BCUT2D eigenvalue weighted by molar-refractivity contribution is 0.156. The van der Waals surface area contributed by atoms with Crippen molar-refractivity contribution in [2.75, 3.05) is 0 Å². The van der Waals surface area contributed by atoms with Gasteiger partial charge in [0.15, 0.2) is 0 Å². The average Bonchev–Trinajstić information content (AvgIpc) is 2.72. The van der Waals surface area contributed by atoms with E-state index in [1.807, 2.05) is 12.4 Å². The molecular weight excluding hydrogens is 230 g/mol. The maximum atomic E-state index is 10.2. The predicted octanol–water partition coefficient (Wildman–Crippen LogP) is 3.21. The van der Waals surface area contributed by atoms with Gasteiger partial charge in [-0.1, -0.05) is 24.3 Å². The Morgan fingerprint density at radius 1 is 1.47 bits per heavy atom. The van der Waals surface area contributed by atoms with Crippen LogP contribution in [-0.2, 0) is 6.42 Å². The summed E-state index contributed by atoms with van der Waals surface area (Å²) in [7, 11) is 0. The number of aryl methyl sites for hydroxylation is 1. The van der Waals surface area contributed by atoms with Crippen molar-refractivity contribution in [2.24, 2.45) is 0 Å². The summed E-state index contributed by atoms with van der Waals surface area (Å²) in [5, 5.41) is 10.2. The smallest absolute Gasteiger partial charge is 0.0906 e. The number of nitrogens with zero attached hydrogens (tertiary/aromatic N) is 1. The van der Waals surface area contributed by atoms with Crippen LogP contribution in [0.4, 0.5) is 0 Å². The van der Waals surface area contributed by atoms with Gasteiger partial charge in [-0.05, 0) is 36.8 Å². The number of hydrogen-bond acceptors (Lipinski definition) is 3. The molecule has 0 spiro atoms. The molecule has 1 aromatic heterocycles. The fraction of sp³-hybridized carbons (Fsp3) is 0.357. The predicted molar refractivity (Wildman–Crippen MR) is 69.3 cm³/mol. The third-order valence-electron chi connectivity index (χ3n) is 3.55. The lowest BCUT2D eigenvalue weighted by Crippen LogP contribution is -2.19. The van der Waals surface area contributed by atoms with Crippen molar-refractivity contribution in [2.45, 2.75) is 31.8 Å². The molecule has 1 aliphatic carbocycles. The van der Waals surface area contributed by atoms with Crippen LogP contribution in [0.1, 0.15) is 40.1 Å². The van der Waals surface area contributed by atoms with Crippen LogP contribution in [0.2, 0.25) is 0 Å². The molecule has 1 heterocycles. The summed E-state index contributed by atoms with van der Waals surface area (Å²) in [5.41, 5.74) is 5.62. The number of fused-ring (bicyclic) bond motifs is 1. The van der Waals surface area contributed by atoms with E-state index in [2.05, 4.69) is 29.2 Å². The first-order valence-electron chi connectivity index (χ1n) is 5.91. The minimum atomic E-state index is -0.360. The van der Waals surface area contributed by atoms with E-state index >= 15 is 0 Å². The molecule has 2 atom stereocenters. The Balaban J connectivity index is 1.72. The highest BCUT2D eigenvalue weighted by molar-refractivity contribution is 7.09. The number of hydrogen-bond donors (Lipinski definition) is 1. The van der Waals surface area contributed by atoms with E-state index in [-0.39, 0.29) is 6.10 Å². The van der Waals surface area contributed by atoms with Crippen LogP contribution in [0.25, 0.3) is 0 Å². The molecule has 88 valence electrons. The molecule has 3 rings (SSSR count). The standard InChI is InChI=1S/C14H15NOS/c1-9-14(17-8-15-9)13(16)7-11-6-10-4-2-3-5-12(10)11/h2-5,8,11,13,16H,6-7H2,1H3. The molecule has 0 radical (unpaired) electrons. The van der Waals surface area contributed by atoms with Crippen LogP contribution in [-0.4, -0.2) is 10.1 Å². The number of aliphatic hydroxyl groups is 1. The highest BCUT2D eigenvalue weighted by Crippen LogP contribution is 2.41. The van der Waals surface area contributed by atoms with Gasteiger partial charge in [-0.15, -0.1) is 11.3 Å². The number of aliphatic hydroxyl groups excluding tert-OH is 1. The molecule has 1 aliphatic rings. The minimum Gasteiger partial charge on any atom is -0.387 e. The minimum absolute atomic E-state index is 0.360. The summed E-state index contributed by atoms with van der Waals surface area (Å²) in [5.74, 6) is 0.516. The Hall–Kier alpha value is -1.19. The third-order valence-corrected chi connectivity index (χ3v) is 4.59. The largest absolute Gasteiger partial charge is 0.387 e. The van der Waals surface area contributed by atoms with Crippen LogP contribution >= 0.6 is 11.3 Å². The third kappa shape index (κ3) is 1.90. The van der Waals surface area contributed by atoms with Crippen molar-refractivity contribution < 1.29 is 5.11 Å². The summed E-state index contributed by atoms with van der Waals surface area (Å²) in [6.45, 7) is 1.96. The van der Waals surface area contributed by atoms with Crippen LogP contribution in [0, 0.1) is 6.92 Å². The first-order valence-corrected chi connectivity index (χ1v) is 6.79. The SMILES string of the molecule is Cc1ncsc1C(O)CC1Cc2ccccc21. The zero-order chi connectivity index (χ0) is 11.8. The van der Waals surface area contributed by atoms with E-state index in [1.165, 1.54) is 11.1 Å². The second-order valence-corrected chi connectivity index (χ2v) is 5.54. The highest BCUT2D eigenvalue weighted by Gasteiger charge is 2.28. The molecule has 17 heavy (non-hydrogen) atoms. The lowest BCUT2D eigenvalue weighted by Gasteiger charge is -2.31. The second-order valence-electron chi connectivity index (χ2n) is 4.65. The molecule has 3 heteroatoms. The zero-order valence-electron chi connectivity index (χ0n) is 9.76. The molecule has 0 amide bonds. The first-order chi connectivity index (χ1) is 8.25. The molecule has 2 unspecified atom stereocenters. The molecule has 1 aromatic carbocycles. The van der Waals surface area contributed by atoms with Gasteiger partial charge in [0.25, 0.3) is 0 Å². The molecule has 0 fully saturated rings. The van der Waals surface area contributed by atoms with Crippen molar-refractivity contribution >= 4 is 11.3 Å². The second kappa shape index (κ2) is 4.24. The maximum Gasteiger partial charge on any atom is 0.0906 e. The zero-order valence-corrected chi connectivity index (χ0v) is 10.6. The molecular formula is C14H15NOS. The summed E-state index contributed by atoms with van der Waals surface area (Å²) in [6.07, 6.45) is 1.56. The van der Waals surface area contributed by atoms with E-state index in [0.29, 0.717) is 5.92 Å². The average molecular weight is 245 g/mol. The fourth-order valence-corrected chi connectivity index (χ4v) is 3.38. The van der Waals surface area contributed by atoms with Crippen LogP contribution in [0.3, 0.4) is 0 Å². The quantitative estimate of drug-likeness (QED) is 0.900. The molecule has 2 aromatic rings. The van der Waals surface area contributed by atoms with E-state index < -0.39 is 0 Å². The summed E-state index contributed by atoms with van der Waals surface area (Å²) < 4.78 is 0. The Kier molecular flexibility index (Phi) is 2.73. The number of benzene rings is 1. The Labute approximate surface area is 105 Å². The number of thiazole rings is 1. The number of rotatable bonds is 3. The molecule has 0 bridgehead atoms. The summed E-state index contributed by atoms with van der Waals surface area (Å²) in [6, 6.07) is 8.51. The monoisotopic (exact) mass is 245 g/mol. The molecule has 1 N–H and O–H groups in total. The first kappa shape index (κ1) is 10.9. The van der Waals surface area contributed by atoms with Crippen molar-refractivity contribution in [3.05, 3.63) is 51.5 Å².